The monoisotopic (exact) mass is 343 g/mol. The third-order valence-corrected chi connectivity index (χ3v) is 4.46. The van der Waals surface area contributed by atoms with Crippen molar-refractivity contribution in [3.63, 3.8) is 0 Å². The van der Waals surface area contributed by atoms with Gasteiger partial charge in [0.2, 0.25) is 0 Å². The molecule has 6 heteroatoms. The highest BCUT2D eigenvalue weighted by Crippen LogP contribution is 2.26. The topological polar surface area (TPSA) is 63.7 Å². The summed E-state index contributed by atoms with van der Waals surface area (Å²) in [4.78, 5) is 27.6. The number of carbonyl (C=O) groups excluding carboxylic acids is 2. The van der Waals surface area contributed by atoms with Crippen LogP contribution in [0.3, 0.4) is 0 Å². The van der Waals surface area contributed by atoms with E-state index in [0.717, 1.165) is 5.69 Å². The van der Waals surface area contributed by atoms with E-state index in [1.54, 1.807) is 17.0 Å². The van der Waals surface area contributed by atoms with Crippen LogP contribution in [0.5, 0.6) is 0 Å². The van der Waals surface area contributed by atoms with Crippen molar-refractivity contribution in [2.75, 3.05) is 31.1 Å². The molecule has 0 aliphatic carbocycles. The van der Waals surface area contributed by atoms with E-state index in [9.17, 15) is 14.7 Å². The Labute approximate surface area is 145 Å². The van der Waals surface area contributed by atoms with E-state index >= 15 is 0 Å². The fraction of sp³-hybridized carbons (Fsp3) is 0.222. The van der Waals surface area contributed by atoms with Gasteiger partial charge >= 0.3 is 0 Å². The van der Waals surface area contributed by atoms with Crippen LogP contribution in [0.1, 0.15) is 20.7 Å². The van der Waals surface area contributed by atoms with Crippen LogP contribution in [-0.2, 0) is 0 Å². The number of halogens is 1. The summed E-state index contributed by atoms with van der Waals surface area (Å²) >= 11 is 6.21. The number of amides is 1. The van der Waals surface area contributed by atoms with E-state index < -0.39 is 5.97 Å². The van der Waals surface area contributed by atoms with Crippen molar-refractivity contribution in [2.24, 2.45) is 0 Å². The van der Waals surface area contributed by atoms with Crippen LogP contribution in [0, 0.1) is 0 Å². The molecule has 124 valence electrons. The van der Waals surface area contributed by atoms with Crippen molar-refractivity contribution in [1.29, 1.82) is 0 Å². The average Bonchev–Trinajstić information content (AvgIpc) is 2.62. The quantitative estimate of drug-likeness (QED) is 0.850. The van der Waals surface area contributed by atoms with Gasteiger partial charge in [0.15, 0.2) is 0 Å². The Morgan fingerprint density at radius 1 is 0.875 bits per heavy atom. The number of hydrogen-bond acceptors (Lipinski definition) is 4. The second-order valence-corrected chi connectivity index (χ2v) is 5.97. The van der Waals surface area contributed by atoms with E-state index in [1.165, 1.54) is 12.1 Å². The van der Waals surface area contributed by atoms with Crippen molar-refractivity contribution < 1.29 is 14.7 Å². The molecule has 0 spiro atoms. The zero-order valence-electron chi connectivity index (χ0n) is 12.9. The van der Waals surface area contributed by atoms with E-state index in [1.807, 2.05) is 24.3 Å². The first kappa shape index (κ1) is 16.3. The van der Waals surface area contributed by atoms with Crippen LogP contribution >= 0.6 is 11.6 Å². The second-order valence-electron chi connectivity index (χ2n) is 5.56. The van der Waals surface area contributed by atoms with Crippen molar-refractivity contribution in [1.82, 2.24) is 4.90 Å². The molecule has 0 radical (unpaired) electrons. The second kappa shape index (κ2) is 6.93. The summed E-state index contributed by atoms with van der Waals surface area (Å²) in [6.07, 6.45) is 0. The van der Waals surface area contributed by atoms with Crippen LogP contribution in [0.25, 0.3) is 0 Å². The Bertz CT molecular complexity index is 770. The molecule has 0 atom stereocenters. The molecule has 1 amide bonds. The van der Waals surface area contributed by atoms with Crippen molar-refractivity contribution in [3.8, 4) is 0 Å². The molecule has 1 aliphatic rings. The highest BCUT2D eigenvalue weighted by atomic mass is 35.5. The molecule has 1 heterocycles. The Hall–Kier alpha value is -2.53. The van der Waals surface area contributed by atoms with E-state index in [2.05, 4.69) is 4.90 Å². The normalized spacial score (nSPS) is 14.5. The number of rotatable bonds is 3. The highest BCUT2D eigenvalue weighted by Gasteiger charge is 2.24. The predicted octanol–water partition coefficient (Wildman–Crippen LogP) is 1.67. The summed E-state index contributed by atoms with van der Waals surface area (Å²) in [5, 5.41) is 11.9. The summed E-state index contributed by atoms with van der Waals surface area (Å²) in [7, 11) is 0. The first-order valence-electron chi connectivity index (χ1n) is 7.67. The van der Waals surface area contributed by atoms with Crippen LogP contribution < -0.4 is 10.0 Å². The molecule has 2 aromatic rings. The smallest absolute Gasteiger partial charge is 0.254 e. The SMILES string of the molecule is O=C([O-])c1ccccc1C(=O)N1CCN(c2ccccc2Cl)CC1. The van der Waals surface area contributed by atoms with Crippen LogP contribution in [0.4, 0.5) is 5.69 Å². The van der Waals surface area contributed by atoms with E-state index in [0.29, 0.717) is 31.2 Å². The molecule has 0 unspecified atom stereocenters. The maximum Gasteiger partial charge on any atom is 0.254 e. The maximum atomic E-state index is 12.6. The zero-order valence-corrected chi connectivity index (χ0v) is 13.7. The maximum absolute atomic E-state index is 12.6. The van der Waals surface area contributed by atoms with Gasteiger partial charge in [-0.15, -0.1) is 0 Å². The number of carboxylic acid groups (broad SMARTS) is 1. The number of benzene rings is 2. The van der Waals surface area contributed by atoms with Gasteiger partial charge in [-0.25, -0.2) is 0 Å². The third-order valence-electron chi connectivity index (χ3n) is 4.14. The van der Waals surface area contributed by atoms with Gasteiger partial charge < -0.3 is 19.7 Å². The lowest BCUT2D eigenvalue weighted by molar-refractivity contribution is -0.255. The lowest BCUT2D eigenvalue weighted by Crippen LogP contribution is -2.49. The molecule has 1 aliphatic heterocycles. The van der Waals surface area contributed by atoms with Crippen molar-refractivity contribution in [2.45, 2.75) is 0 Å². The minimum absolute atomic E-state index is 0.0731. The number of nitrogens with zero attached hydrogens (tertiary/aromatic N) is 2. The Morgan fingerprint density at radius 2 is 1.46 bits per heavy atom. The van der Waals surface area contributed by atoms with E-state index in [4.69, 9.17) is 11.6 Å². The first-order valence-corrected chi connectivity index (χ1v) is 8.05. The molecule has 0 aromatic heterocycles. The van der Waals surface area contributed by atoms with Crippen LogP contribution in [0.2, 0.25) is 5.02 Å². The molecule has 0 N–H and O–H groups in total. The first-order chi connectivity index (χ1) is 11.6. The number of para-hydroxylation sites is 1. The highest BCUT2D eigenvalue weighted by molar-refractivity contribution is 6.33. The minimum Gasteiger partial charge on any atom is -0.545 e. The molecule has 2 aromatic carbocycles. The molecule has 1 saturated heterocycles. The number of hydrogen-bond donors (Lipinski definition) is 0. The molecule has 3 rings (SSSR count). The van der Waals surface area contributed by atoms with Gasteiger partial charge in [-0.1, -0.05) is 41.9 Å². The standard InChI is InChI=1S/C18H17ClN2O3/c19-15-7-3-4-8-16(15)20-9-11-21(12-10-20)17(22)13-5-1-2-6-14(13)18(23)24/h1-8H,9-12H2,(H,23,24)/p-1. The third kappa shape index (κ3) is 3.21. The molecule has 5 nitrogen and oxygen atoms in total. The van der Waals surface area contributed by atoms with Gasteiger partial charge in [0.1, 0.15) is 0 Å². The van der Waals surface area contributed by atoms with Gasteiger partial charge in [-0.05, 0) is 18.2 Å². The van der Waals surface area contributed by atoms with E-state index in [-0.39, 0.29) is 17.0 Å². The summed E-state index contributed by atoms with van der Waals surface area (Å²) < 4.78 is 0. The van der Waals surface area contributed by atoms with Gasteiger partial charge in [0, 0.05) is 37.3 Å². The van der Waals surface area contributed by atoms with Crippen molar-refractivity contribution in [3.05, 3.63) is 64.7 Å². The Morgan fingerprint density at radius 3 is 2.08 bits per heavy atom. The number of carboxylic acids is 1. The molecular weight excluding hydrogens is 328 g/mol. The Balaban J connectivity index is 1.72. The molecule has 1 fully saturated rings. The zero-order chi connectivity index (χ0) is 17.1. The fourth-order valence-electron chi connectivity index (χ4n) is 2.88. The number of aromatic carboxylic acids is 1. The summed E-state index contributed by atoms with van der Waals surface area (Å²) in [6, 6.07) is 13.7. The number of piperazine rings is 1. The summed E-state index contributed by atoms with van der Waals surface area (Å²) in [6.45, 7) is 2.29. The van der Waals surface area contributed by atoms with Gasteiger partial charge in [-0.3, -0.25) is 4.79 Å². The molecule has 0 bridgehead atoms. The molecule has 24 heavy (non-hydrogen) atoms. The average molecular weight is 344 g/mol. The largest absolute Gasteiger partial charge is 0.545 e. The van der Waals surface area contributed by atoms with Crippen molar-refractivity contribution >= 4 is 29.2 Å². The van der Waals surface area contributed by atoms with Crippen LogP contribution in [-0.4, -0.2) is 43.0 Å². The number of carbonyl (C=O) groups is 2. The van der Waals surface area contributed by atoms with Gasteiger partial charge in [-0.2, -0.15) is 0 Å². The lowest BCUT2D eigenvalue weighted by Gasteiger charge is -2.36. The Kier molecular flexibility index (Phi) is 4.71. The lowest BCUT2D eigenvalue weighted by atomic mass is 10.1. The molecular formula is C18H16ClN2O3-. The summed E-state index contributed by atoms with van der Waals surface area (Å²) in [5.41, 5.74) is 1.04. The van der Waals surface area contributed by atoms with Gasteiger partial charge in [0.25, 0.3) is 5.91 Å². The minimum atomic E-state index is -1.34. The van der Waals surface area contributed by atoms with Gasteiger partial charge in [0.05, 0.1) is 16.7 Å². The summed E-state index contributed by atoms with van der Waals surface area (Å²) in [5.74, 6) is -1.62. The predicted molar refractivity (Wildman–Crippen MR) is 90.3 cm³/mol. The van der Waals surface area contributed by atoms with Crippen LogP contribution in [0.15, 0.2) is 48.5 Å². The fourth-order valence-corrected chi connectivity index (χ4v) is 3.13. The molecule has 0 saturated carbocycles. The number of anilines is 1.